The maximum Gasteiger partial charge on any atom is 0.501 e. The fourth-order valence-corrected chi connectivity index (χ4v) is 4.52. The van der Waals surface area contributed by atoms with Gasteiger partial charge in [-0.1, -0.05) is 49.4 Å². The summed E-state index contributed by atoms with van der Waals surface area (Å²) in [6, 6.07) is 7.46. The molecule has 30 heavy (non-hydrogen) atoms. The molecule has 1 amide bonds. The molecule has 1 saturated carbocycles. The number of amides is 1. The molecule has 1 aromatic heterocycles. The minimum absolute atomic E-state index is 0.303. The van der Waals surface area contributed by atoms with Crippen molar-refractivity contribution < 1.29 is 26.4 Å². The van der Waals surface area contributed by atoms with Crippen molar-refractivity contribution in [2.24, 2.45) is 5.92 Å². The van der Waals surface area contributed by atoms with Gasteiger partial charge in [0.25, 0.3) is 9.84 Å². The SMILES string of the molecule is O=C(Nc1ccc(Cl)cn1)C(CC1CCCC1)c1ccc(S(=O)(=O)C(F)(F)F)cc1. The van der Waals surface area contributed by atoms with Gasteiger partial charge >= 0.3 is 5.51 Å². The van der Waals surface area contributed by atoms with Gasteiger partial charge in [-0.3, -0.25) is 4.79 Å². The monoisotopic (exact) mass is 460 g/mol. The molecule has 0 bridgehead atoms. The zero-order valence-corrected chi connectivity index (χ0v) is 17.4. The van der Waals surface area contributed by atoms with Crippen molar-refractivity contribution in [2.45, 2.75) is 48.4 Å². The van der Waals surface area contributed by atoms with Crippen molar-refractivity contribution in [1.82, 2.24) is 4.98 Å². The van der Waals surface area contributed by atoms with Crippen LogP contribution in [0.15, 0.2) is 47.5 Å². The van der Waals surface area contributed by atoms with Gasteiger partial charge in [-0.2, -0.15) is 13.2 Å². The normalized spacial score (nSPS) is 16.4. The highest BCUT2D eigenvalue weighted by atomic mass is 35.5. The van der Waals surface area contributed by atoms with Crippen molar-refractivity contribution in [2.75, 3.05) is 5.32 Å². The van der Waals surface area contributed by atoms with E-state index in [-0.39, 0.29) is 5.91 Å². The highest BCUT2D eigenvalue weighted by Crippen LogP contribution is 2.36. The van der Waals surface area contributed by atoms with Gasteiger partial charge < -0.3 is 5.32 Å². The van der Waals surface area contributed by atoms with Crippen LogP contribution in [0.1, 0.15) is 43.6 Å². The average molecular weight is 461 g/mol. The smallest absolute Gasteiger partial charge is 0.310 e. The lowest BCUT2D eigenvalue weighted by Gasteiger charge is -2.21. The van der Waals surface area contributed by atoms with Crippen LogP contribution in [0.4, 0.5) is 19.0 Å². The Balaban J connectivity index is 1.86. The topological polar surface area (TPSA) is 76.1 Å². The van der Waals surface area contributed by atoms with E-state index in [0.717, 1.165) is 37.8 Å². The Morgan fingerprint density at radius 3 is 2.30 bits per heavy atom. The van der Waals surface area contributed by atoms with Gasteiger partial charge in [-0.05, 0) is 42.2 Å². The number of hydrogen-bond acceptors (Lipinski definition) is 4. The van der Waals surface area contributed by atoms with Crippen molar-refractivity contribution >= 4 is 33.2 Å². The molecule has 0 aliphatic heterocycles. The molecule has 3 rings (SSSR count). The van der Waals surface area contributed by atoms with Gasteiger partial charge in [-0.25, -0.2) is 13.4 Å². The van der Waals surface area contributed by atoms with Crippen LogP contribution >= 0.6 is 11.6 Å². The Morgan fingerprint density at radius 2 is 1.77 bits per heavy atom. The predicted molar refractivity (Wildman–Crippen MR) is 107 cm³/mol. The van der Waals surface area contributed by atoms with Crippen LogP contribution in [-0.4, -0.2) is 24.8 Å². The molecular formula is C20H20ClF3N2O3S. The fourth-order valence-electron chi connectivity index (χ4n) is 3.65. The number of hydrogen-bond donors (Lipinski definition) is 1. The first-order chi connectivity index (χ1) is 14.1. The van der Waals surface area contributed by atoms with Gasteiger partial charge in [0.15, 0.2) is 0 Å². The largest absolute Gasteiger partial charge is 0.501 e. The van der Waals surface area contributed by atoms with Gasteiger partial charge in [0.05, 0.1) is 15.8 Å². The molecule has 1 aliphatic carbocycles. The van der Waals surface area contributed by atoms with E-state index in [1.54, 1.807) is 12.1 Å². The highest BCUT2D eigenvalue weighted by Gasteiger charge is 2.46. The van der Waals surface area contributed by atoms with Crippen molar-refractivity contribution in [3.63, 3.8) is 0 Å². The number of anilines is 1. The molecule has 1 heterocycles. The van der Waals surface area contributed by atoms with Gasteiger partial charge in [0, 0.05) is 6.20 Å². The molecule has 2 aromatic rings. The lowest BCUT2D eigenvalue weighted by atomic mass is 9.87. The summed E-state index contributed by atoms with van der Waals surface area (Å²) in [5, 5.41) is 3.12. The Morgan fingerprint density at radius 1 is 1.13 bits per heavy atom. The van der Waals surface area contributed by atoms with Crippen LogP contribution in [0.5, 0.6) is 0 Å². The van der Waals surface area contributed by atoms with Crippen LogP contribution in [0.25, 0.3) is 0 Å². The third kappa shape index (κ3) is 5.13. The van der Waals surface area contributed by atoms with Crippen LogP contribution in [0.3, 0.4) is 0 Å². The van der Waals surface area contributed by atoms with E-state index in [1.165, 1.54) is 18.3 Å². The zero-order valence-electron chi connectivity index (χ0n) is 15.8. The minimum Gasteiger partial charge on any atom is -0.310 e. The molecule has 1 aromatic carbocycles. The summed E-state index contributed by atoms with van der Waals surface area (Å²) in [6.45, 7) is 0. The Labute approximate surface area is 177 Å². The Bertz CT molecular complexity index is 987. The number of pyridine rings is 1. The number of halogens is 4. The molecule has 1 aliphatic rings. The first-order valence-electron chi connectivity index (χ1n) is 9.41. The van der Waals surface area contributed by atoms with Crippen LogP contribution in [-0.2, 0) is 14.6 Å². The molecule has 1 fully saturated rings. The third-order valence-corrected chi connectivity index (χ3v) is 6.96. The summed E-state index contributed by atoms with van der Waals surface area (Å²) in [5.74, 6) is -0.383. The number of nitrogens with one attached hydrogen (secondary N) is 1. The second kappa shape index (κ2) is 8.93. The molecule has 1 N–H and O–H groups in total. The predicted octanol–water partition coefficient (Wildman–Crippen LogP) is 5.33. The van der Waals surface area contributed by atoms with Gasteiger partial charge in [-0.15, -0.1) is 0 Å². The number of benzene rings is 1. The summed E-state index contributed by atoms with van der Waals surface area (Å²) in [4.78, 5) is 16.1. The molecule has 1 unspecified atom stereocenters. The van der Waals surface area contributed by atoms with Crippen LogP contribution < -0.4 is 5.32 Å². The van der Waals surface area contributed by atoms with E-state index >= 15 is 0 Å². The highest BCUT2D eigenvalue weighted by molar-refractivity contribution is 7.92. The number of carbonyl (C=O) groups is 1. The molecule has 162 valence electrons. The maximum atomic E-state index is 12.9. The maximum absolute atomic E-state index is 12.9. The number of sulfone groups is 1. The fraction of sp³-hybridized carbons (Fsp3) is 0.400. The van der Waals surface area contributed by atoms with E-state index in [2.05, 4.69) is 10.3 Å². The molecule has 10 heteroatoms. The average Bonchev–Trinajstić information content (AvgIpc) is 3.20. The van der Waals surface area contributed by atoms with E-state index in [0.29, 0.717) is 28.7 Å². The zero-order chi connectivity index (χ0) is 21.9. The number of alkyl halides is 3. The third-order valence-electron chi connectivity index (χ3n) is 5.24. The summed E-state index contributed by atoms with van der Waals surface area (Å²) in [7, 11) is -5.44. The molecule has 0 spiro atoms. The van der Waals surface area contributed by atoms with E-state index in [4.69, 9.17) is 11.6 Å². The van der Waals surface area contributed by atoms with E-state index < -0.39 is 26.2 Å². The second-order valence-electron chi connectivity index (χ2n) is 7.31. The standard InChI is InChI=1S/C20H20ClF3N2O3S/c21-15-7-10-18(25-12-15)26-19(27)17(11-13-3-1-2-4-13)14-5-8-16(9-6-14)30(28,29)20(22,23)24/h5-10,12-13,17H,1-4,11H2,(H,25,26,27). The van der Waals surface area contributed by atoms with E-state index in [1.807, 2.05) is 0 Å². The van der Waals surface area contributed by atoms with Crippen molar-refractivity contribution in [3.8, 4) is 0 Å². The van der Waals surface area contributed by atoms with Gasteiger partial charge in [0.1, 0.15) is 5.82 Å². The first kappa shape index (κ1) is 22.6. The lowest BCUT2D eigenvalue weighted by Crippen LogP contribution is -2.25. The molecule has 5 nitrogen and oxygen atoms in total. The summed E-state index contributed by atoms with van der Waals surface area (Å²) >= 11 is 5.80. The number of rotatable bonds is 6. The number of nitrogens with zero attached hydrogens (tertiary/aromatic N) is 1. The van der Waals surface area contributed by atoms with Crippen LogP contribution in [0.2, 0.25) is 5.02 Å². The molecule has 1 atom stereocenters. The molecular weight excluding hydrogens is 441 g/mol. The summed E-state index contributed by atoms with van der Waals surface area (Å²) < 4.78 is 61.5. The van der Waals surface area contributed by atoms with Crippen molar-refractivity contribution in [3.05, 3.63) is 53.2 Å². The minimum atomic E-state index is -5.44. The lowest BCUT2D eigenvalue weighted by molar-refractivity contribution is -0.118. The van der Waals surface area contributed by atoms with Crippen LogP contribution in [0, 0.1) is 5.92 Å². The Hall–Kier alpha value is -2.13. The second-order valence-corrected chi connectivity index (χ2v) is 9.69. The quantitative estimate of drug-likeness (QED) is 0.632. The van der Waals surface area contributed by atoms with Gasteiger partial charge in [0.2, 0.25) is 5.91 Å². The van der Waals surface area contributed by atoms with Crippen molar-refractivity contribution in [1.29, 1.82) is 0 Å². The summed E-state index contributed by atoms with van der Waals surface area (Å²) in [5.41, 5.74) is -4.93. The number of aromatic nitrogens is 1. The Kier molecular flexibility index (Phi) is 6.71. The molecule has 0 saturated heterocycles. The molecule has 0 radical (unpaired) electrons. The van der Waals surface area contributed by atoms with E-state index in [9.17, 15) is 26.4 Å². The first-order valence-corrected chi connectivity index (χ1v) is 11.3. The summed E-state index contributed by atoms with van der Waals surface area (Å²) in [6.07, 6.45) is 6.00. The number of carbonyl (C=O) groups excluding carboxylic acids is 1.